The third-order valence-electron chi connectivity index (χ3n) is 2.84. The van der Waals surface area contributed by atoms with Crippen molar-refractivity contribution in [1.29, 1.82) is 0 Å². The largest absolute Gasteiger partial charge is 0.481 e. The first-order valence-electron chi connectivity index (χ1n) is 7.08. The molecule has 7 N–H and O–H groups in total. The van der Waals surface area contributed by atoms with Crippen molar-refractivity contribution < 1.29 is 34.2 Å². The van der Waals surface area contributed by atoms with E-state index in [0.29, 0.717) is 0 Å². The predicted octanol–water partition coefficient (Wildman–Crippen LogP) is -2.75. The fourth-order valence-electron chi connectivity index (χ4n) is 1.59. The summed E-state index contributed by atoms with van der Waals surface area (Å²) in [5, 5.41) is 23.7. The maximum atomic E-state index is 12.0. The number of nitrogens with one attached hydrogen (secondary N) is 3. The summed E-state index contributed by atoms with van der Waals surface area (Å²) in [6, 6.07) is -2.33. The second-order valence-electron chi connectivity index (χ2n) is 5.32. The highest BCUT2D eigenvalue weighted by molar-refractivity contribution is 5.93. The lowest BCUT2D eigenvalue weighted by atomic mass is 10.0. The van der Waals surface area contributed by atoms with E-state index >= 15 is 0 Å². The lowest BCUT2D eigenvalue weighted by molar-refractivity contribution is -0.140. The summed E-state index contributed by atoms with van der Waals surface area (Å²) in [7, 11) is 0. The number of nitrogens with two attached hydrogens (primary N) is 1. The Morgan fingerprint density at radius 2 is 1.50 bits per heavy atom. The first-order valence-corrected chi connectivity index (χ1v) is 7.08. The van der Waals surface area contributed by atoms with Gasteiger partial charge in [0, 0.05) is 0 Å². The van der Waals surface area contributed by atoms with Crippen LogP contribution in [0.4, 0.5) is 0 Å². The van der Waals surface area contributed by atoms with Gasteiger partial charge in [0.25, 0.3) is 0 Å². The molecule has 11 heteroatoms. The number of aliphatic carboxylic acids is 2. The average Bonchev–Trinajstić information content (AvgIpc) is 2.46. The minimum atomic E-state index is -1.31. The number of carbonyl (C=O) groups is 5. The molecule has 0 aromatic carbocycles. The maximum Gasteiger partial charge on any atom is 0.322 e. The van der Waals surface area contributed by atoms with E-state index in [4.69, 9.17) is 15.9 Å². The third-order valence-corrected chi connectivity index (χ3v) is 2.84. The van der Waals surface area contributed by atoms with Crippen LogP contribution in [0.2, 0.25) is 0 Å². The second-order valence-corrected chi connectivity index (χ2v) is 5.32. The Balaban J connectivity index is 4.57. The van der Waals surface area contributed by atoms with Gasteiger partial charge in [0.15, 0.2) is 0 Å². The van der Waals surface area contributed by atoms with Crippen molar-refractivity contribution >= 4 is 29.7 Å². The van der Waals surface area contributed by atoms with Crippen molar-refractivity contribution in [3.05, 3.63) is 0 Å². The number of carboxylic acid groups (broad SMARTS) is 2. The molecule has 136 valence electrons. The minimum absolute atomic E-state index is 0.354. The van der Waals surface area contributed by atoms with Gasteiger partial charge < -0.3 is 31.9 Å². The molecule has 0 bridgehead atoms. The van der Waals surface area contributed by atoms with Crippen LogP contribution in [0.3, 0.4) is 0 Å². The van der Waals surface area contributed by atoms with E-state index in [2.05, 4.69) is 16.0 Å². The van der Waals surface area contributed by atoms with Gasteiger partial charge in [0.1, 0.15) is 12.6 Å². The van der Waals surface area contributed by atoms with Crippen LogP contribution < -0.4 is 21.7 Å². The molecule has 0 heterocycles. The SMILES string of the molecule is CC(C)C(NC(=O)C(N)CC(=O)O)C(=O)NCC(=O)NCC(=O)O. The topological polar surface area (TPSA) is 188 Å². The highest BCUT2D eigenvalue weighted by atomic mass is 16.4. The van der Waals surface area contributed by atoms with E-state index in [0.717, 1.165) is 0 Å². The summed E-state index contributed by atoms with van der Waals surface area (Å²) in [5.74, 6) is -5.02. The number of hydrogen-bond acceptors (Lipinski definition) is 6. The smallest absolute Gasteiger partial charge is 0.322 e. The molecule has 11 nitrogen and oxygen atoms in total. The van der Waals surface area contributed by atoms with Gasteiger partial charge >= 0.3 is 11.9 Å². The Kier molecular flexibility index (Phi) is 9.02. The Morgan fingerprint density at radius 3 is 1.96 bits per heavy atom. The molecule has 0 aliphatic heterocycles. The molecule has 0 aromatic heterocycles. The molecule has 0 aromatic rings. The van der Waals surface area contributed by atoms with Gasteiger partial charge in [-0.3, -0.25) is 24.0 Å². The van der Waals surface area contributed by atoms with Crippen LogP contribution in [0.5, 0.6) is 0 Å². The summed E-state index contributed by atoms with van der Waals surface area (Å²) in [5.41, 5.74) is 5.41. The standard InChI is InChI=1S/C13H22N4O7/c1-6(2)11(17-12(23)7(14)3-9(19)20)13(24)16-4-8(18)15-5-10(21)22/h6-7,11H,3-5,14H2,1-2H3,(H,15,18)(H,16,24)(H,17,23)(H,19,20)(H,21,22). The van der Waals surface area contributed by atoms with E-state index < -0.39 is 61.3 Å². The summed E-state index contributed by atoms with van der Waals surface area (Å²) in [6.45, 7) is 2.23. The first-order chi connectivity index (χ1) is 11.0. The molecule has 24 heavy (non-hydrogen) atoms. The molecular weight excluding hydrogens is 324 g/mol. The lowest BCUT2D eigenvalue weighted by Gasteiger charge is -2.23. The summed E-state index contributed by atoms with van der Waals surface area (Å²) in [6.07, 6.45) is -0.587. The van der Waals surface area contributed by atoms with E-state index in [1.807, 2.05) is 0 Å². The van der Waals surface area contributed by atoms with Crippen molar-refractivity contribution in [3.8, 4) is 0 Å². The quantitative estimate of drug-likeness (QED) is 0.245. The third kappa shape index (κ3) is 8.68. The molecule has 0 rings (SSSR count). The zero-order valence-corrected chi connectivity index (χ0v) is 13.4. The molecule has 2 atom stereocenters. The molecule has 0 aliphatic carbocycles. The normalized spacial score (nSPS) is 12.8. The van der Waals surface area contributed by atoms with Crippen LogP contribution in [0.15, 0.2) is 0 Å². The number of rotatable bonds is 10. The molecule has 0 spiro atoms. The van der Waals surface area contributed by atoms with Crippen LogP contribution in [0.1, 0.15) is 20.3 Å². The molecule has 0 saturated carbocycles. The van der Waals surface area contributed by atoms with Gasteiger partial charge in [-0.15, -0.1) is 0 Å². The minimum Gasteiger partial charge on any atom is -0.481 e. The summed E-state index contributed by atoms with van der Waals surface area (Å²) in [4.78, 5) is 56.0. The van der Waals surface area contributed by atoms with E-state index in [1.165, 1.54) is 0 Å². The van der Waals surface area contributed by atoms with Crippen molar-refractivity contribution in [2.24, 2.45) is 11.7 Å². The zero-order valence-electron chi connectivity index (χ0n) is 13.4. The number of hydrogen-bond donors (Lipinski definition) is 6. The van der Waals surface area contributed by atoms with Gasteiger partial charge in [-0.05, 0) is 5.92 Å². The monoisotopic (exact) mass is 346 g/mol. The van der Waals surface area contributed by atoms with Crippen molar-refractivity contribution in [2.75, 3.05) is 13.1 Å². The van der Waals surface area contributed by atoms with Crippen LogP contribution in [0.25, 0.3) is 0 Å². The summed E-state index contributed by atoms with van der Waals surface area (Å²) < 4.78 is 0. The highest BCUT2D eigenvalue weighted by Gasteiger charge is 2.27. The molecule has 0 saturated heterocycles. The fraction of sp³-hybridized carbons (Fsp3) is 0.615. The van der Waals surface area contributed by atoms with Gasteiger partial charge in [0.05, 0.1) is 19.0 Å². The lowest BCUT2D eigenvalue weighted by Crippen LogP contribution is -2.55. The van der Waals surface area contributed by atoms with Crippen molar-refractivity contribution in [3.63, 3.8) is 0 Å². The summed E-state index contributed by atoms with van der Waals surface area (Å²) >= 11 is 0. The van der Waals surface area contributed by atoms with Gasteiger partial charge in [-0.1, -0.05) is 13.8 Å². The number of carbonyl (C=O) groups excluding carboxylic acids is 3. The van der Waals surface area contributed by atoms with Gasteiger partial charge in [-0.25, -0.2) is 0 Å². The zero-order chi connectivity index (χ0) is 18.9. The predicted molar refractivity (Wildman–Crippen MR) is 80.7 cm³/mol. The fourth-order valence-corrected chi connectivity index (χ4v) is 1.59. The van der Waals surface area contributed by atoms with Crippen LogP contribution in [-0.4, -0.2) is 65.0 Å². The first kappa shape index (κ1) is 21.3. The van der Waals surface area contributed by atoms with E-state index in [1.54, 1.807) is 13.8 Å². The Hall–Kier alpha value is -2.69. The van der Waals surface area contributed by atoms with E-state index in [9.17, 15) is 24.0 Å². The maximum absolute atomic E-state index is 12.0. The molecule has 0 fully saturated rings. The van der Waals surface area contributed by atoms with Gasteiger partial charge in [-0.2, -0.15) is 0 Å². The van der Waals surface area contributed by atoms with Crippen molar-refractivity contribution in [1.82, 2.24) is 16.0 Å². The molecule has 3 amide bonds. The Morgan fingerprint density at radius 1 is 0.917 bits per heavy atom. The second kappa shape index (κ2) is 10.2. The Labute approximate surface area is 138 Å². The van der Waals surface area contributed by atoms with Crippen LogP contribution in [0, 0.1) is 5.92 Å². The van der Waals surface area contributed by atoms with Crippen molar-refractivity contribution in [2.45, 2.75) is 32.4 Å². The van der Waals surface area contributed by atoms with Crippen LogP contribution in [-0.2, 0) is 24.0 Å². The van der Waals surface area contributed by atoms with E-state index in [-0.39, 0.29) is 5.92 Å². The molecule has 2 unspecified atom stereocenters. The average molecular weight is 346 g/mol. The highest BCUT2D eigenvalue weighted by Crippen LogP contribution is 2.03. The molecule has 0 radical (unpaired) electrons. The number of amides is 3. The number of carboxylic acids is 2. The molecular formula is C13H22N4O7. The Bertz CT molecular complexity index is 507. The van der Waals surface area contributed by atoms with Crippen LogP contribution >= 0.6 is 0 Å². The molecule has 0 aliphatic rings. The van der Waals surface area contributed by atoms with Gasteiger partial charge in [0.2, 0.25) is 17.7 Å².